The molecule has 19 heavy (non-hydrogen) atoms. The molecule has 0 bridgehead atoms. The summed E-state index contributed by atoms with van der Waals surface area (Å²) in [5.74, 6) is -0.711. The number of benzene rings is 1. The molecular weight excluding hydrogens is 246 g/mol. The molecule has 0 aromatic heterocycles. The second-order valence-corrected chi connectivity index (χ2v) is 4.44. The van der Waals surface area contributed by atoms with E-state index in [1.165, 1.54) is 0 Å². The van der Waals surface area contributed by atoms with Crippen LogP contribution in [0.2, 0.25) is 0 Å². The minimum Gasteiger partial charge on any atom is -0.375 e. The third kappa shape index (κ3) is 3.30. The number of primary amides is 1. The van der Waals surface area contributed by atoms with Gasteiger partial charge in [-0.3, -0.25) is 9.59 Å². The van der Waals surface area contributed by atoms with Crippen LogP contribution in [-0.2, 0) is 9.53 Å². The van der Waals surface area contributed by atoms with Crippen LogP contribution in [0.25, 0.3) is 0 Å². The maximum Gasteiger partial charge on any atom is 0.248 e. The molecule has 1 heterocycles. The van der Waals surface area contributed by atoms with Crippen molar-refractivity contribution in [2.75, 3.05) is 18.5 Å². The zero-order chi connectivity index (χ0) is 13.8. The van der Waals surface area contributed by atoms with Gasteiger partial charge in [0.1, 0.15) is 6.04 Å². The Balaban J connectivity index is 2.06. The number of ether oxygens (including phenoxy) is 1. The van der Waals surface area contributed by atoms with Crippen molar-refractivity contribution in [1.82, 2.24) is 5.32 Å². The summed E-state index contributed by atoms with van der Waals surface area (Å²) in [6.07, 6.45) is -0.187. The number of carbonyl (C=O) groups is 2. The molecule has 2 rings (SSSR count). The molecule has 2 amide bonds. The quantitative estimate of drug-likeness (QED) is 0.721. The van der Waals surface area contributed by atoms with E-state index in [9.17, 15) is 9.59 Å². The van der Waals surface area contributed by atoms with E-state index >= 15 is 0 Å². The molecule has 0 radical (unpaired) electrons. The summed E-state index contributed by atoms with van der Waals surface area (Å²) in [4.78, 5) is 23.2. The molecule has 1 fully saturated rings. The van der Waals surface area contributed by atoms with Gasteiger partial charge in [0, 0.05) is 17.8 Å². The Morgan fingerprint density at radius 2 is 2.26 bits per heavy atom. The van der Waals surface area contributed by atoms with Crippen molar-refractivity contribution in [3.63, 3.8) is 0 Å². The molecule has 4 N–H and O–H groups in total. The summed E-state index contributed by atoms with van der Waals surface area (Å²) in [5, 5.41) is 5.85. The average molecular weight is 263 g/mol. The van der Waals surface area contributed by atoms with Gasteiger partial charge in [0.25, 0.3) is 0 Å². The van der Waals surface area contributed by atoms with E-state index in [0.29, 0.717) is 24.4 Å². The summed E-state index contributed by atoms with van der Waals surface area (Å²) < 4.78 is 5.41. The van der Waals surface area contributed by atoms with E-state index in [4.69, 9.17) is 10.5 Å². The smallest absolute Gasteiger partial charge is 0.248 e. The summed E-state index contributed by atoms with van der Waals surface area (Å²) in [6.45, 7) is 3.09. The van der Waals surface area contributed by atoms with Gasteiger partial charge in [-0.05, 0) is 25.1 Å². The lowest BCUT2D eigenvalue weighted by Gasteiger charge is -2.29. The highest BCUT2D eigenvalue weighted by atomic mass is 16.5. The second-order valence-electron chi connectivity index (χ2n) is 4.44. The first-order valence-corrected chi connectivity index (χ1v) is 6.13. The van der Waals surface area contributed by atoms with Crippen LogP contribution in [0, 0.1) is 0 Å². The fourth-order valence-electron chi connectivity index (χ4n) is 2.00. The van der Waals surface area contributed by atoms with Crippen molar-refractivity contribution in [3.05, 3.63) is 29.8 Å². The predicted molar refractivity (Wildman–Crippen MR) is 70.8 cm³/mol. The molecule has 6 heteroatoms. The number of nitrogens with one attached hydrogen (secondary N) is 2. The zero-order valence-corrected chi connectivity index (χ0v) is 10.7. The van der Waals surface area contributed by atoms with E-state index in [2.05, 4.69) is 10.6 Å². The van der Waals surface area contributed by atoms with Gasteiger partial charge < -0.3 is 21.1 Å². The first-order chi connectivity index (χ1) is 9.08. The Hall–Kier alpha value is -1.92. The molecule has 0 saturated carbocycles. The van der Waals surface area contributed by atoms with Gasteiger partial charge in [0.05, 0.1) is 12.7 Å². The van der Waals surface area contributed by atoms with Gasteiger partial charge in [0.15, 0.2) is 0 Å². The lowest BCUT2D eigenvalue weighted by atomic mass is 10.1. The van der Waals surface area contributed by atoms with Crippen molar-refractivity contribution in [2.45, 2.75) is 19.1 Å². The highest BCUT2D eigenvalue weighted by Gasteiger charge is 2.28. The SMILES string of the molecule is C[C@H]1OCCN[C@@H]1C(=O)Nc1cccc(C(N)=O)c1. The van der Waals surface area contributed by atoms with E-state index in [0.717, 1.165) is 0 Å². The Bertz CT molecular complexity index is 490. The fraction of sp³-hybridized carbons (Fsp3) is 0.385. The molecule has 2 atom stereocenters. The van der Waals surface area contributed by atoms with E-state index in [1.54, 1.807) is 24.3 Å². The lowest BCUT2D eigenvalue weighted by molar-refractivity contribution is -0.123. The normalized spacial score (nSPS) is 22.8. The van der Waals surface area contributed by atoms with Crippen molar-refractivity contribution in [3.8, 4) is 0 Å². The molecule has 102 valence electrons. The molecule has 1 aromatic rings. The van der Waals surface area contributed by atoms with E-state index in [-0.39, 0.29) is 12.0 Å². The highest BCUT2D eigenvalue weighted by molar-refractivity contribution is 5.98. The van der Waals surface area contributed by atoms with Crippen LogP contribution in [-0.4, -0.2) is 37.1 Å². The van der Waals surface area contributed by atoms with Crippen LogP contribution in [0.4, 0.5) is 5.69 Å². The molecule has 0 aliphatic carbocycles. The summed E-state index contributed by atoms with van der Waals surface area (Å²) in [7, 11) is 0. The van der Waals surface area contributed by atoms with Gasteiger partial charge in [-0.15, -0.1) is 0 Å². The number of carbonyl (C=O) groups excluding carboxylic acids is 2. The second kappa shape index (κ2) is 5.81. The van der Waals surface area contributed by atoms with Gasteiger partial charge in [-0.2, -0.15) is 0 Å². The zero-order valence-electron chi connectivity index (χ0n) is 10.7. The molecule has 1 aromatic carbocycles. The van der Waals surface area contributed by atoms with Crippen molar-refractivity contribution in [1.29, 1.82) is 0 Å². The summed E-state index contributed by atoms with van der Waals surface area (Å²) in [6, 6.07) is 6.13. The first kappa shape index (κ1) is 13.5. The number of hydrogen-bond acceptors (Lipinski definition) is 4. The molecule has 0 spiro atoms. The van der Waals surface area contributed by atoms with Crippen LogP contribution < -0.4 is 16.4 Å². The van der Waals surface area contributed by atoms with E-state index < -0.39 is 11.9 Å². The van der Waals surface area contributed by atoms with Gasteiger partial charge in [0.2, 0.25) is 11.8 Å². The molecular formula is C13H17N3O3. The molecule has 1 aliphatic heterocycles. The van der Waals surface area contributed by atoms with Crippen LogP contribution in [0.1, 0.15) is 17.3 Å². The minimum absolute atomic E-state index is 0.186. The molecule has 1 aliphatic rings. The van der Waals surface area contributed by atoms with Crippen molar-refractivity contribution < 1.29 is 14.3 Å². The van der Waals surface area contributed by atoms with E-state index in [1.807, 2.05) is 6.92 Å². The number of morpholine rings is 1. The third-order valence-electron chi connectivity index (χ3n) is 3.01. The minimum atomic E-state index is -0.524. The van der Waals surface area contributed by atoms with Crippen LogP contribution in [0.5, 0.6) is 0 Å². The molecule has 6 nitrogen and oxygen atoms in total. The maximum atomic E-state index is 12.1. The number of anilines is 1. The van der Waals surface area contributed by atoms with Gasteiger partial charge in [-0.25, -0.2) is 0 Å². The summed E-state index contributed by atoms with van der Waals surface area (Å²) >= 11 is 0. The Morgan fingerprint density at radius 3 is 2.95 bits per heavy atom. The molecule has 1 saturated heterocycles. The fourth-order valence-corrected chi connectivity index (χ4v) is 2.00. The van der Waals surface area contributed by atoms with Crippen LogP contribution >= 0.6 is 0 Å². The standard InChI is InChI=1S/C13H17N3O3/c1-8-11(15-5-6-19-8)13(18)16-10-4-2-3-9(7-10)12(14)17/h2-4,7-8,11,15H,5-6H2,1H3,(H2,14,17)(H,16,18)/t8-,11+/m1/s1. The first-order valence-electron chi connectivity index (χ1n) is 6.13. The Labute approximate surface area is 111 Å². The number of hydrogen-bond donors (Lipinski definition) is 3. The van der Waals surface area contributed by atoms with Crippen molar-refractivity contribution >= 4 is 17.5 Å². The maximum absolute atomic E-state index is 12.1. The monoisotopic (exact) mass is 263 g/mol. The third-order valence-corrected chi connectivity index (χ3v) is 3.01. The largest absolute Gasteiger partial charge is 0.375 e. The Kier molecular flexibility index (Phi) is 4.13. The predicted octanol–water partition coefficient (Wildman–Crippen LogP) is 0.101. The highest BCUT2D eigenvalue weighted by Crippen LogP contribution is 2.12. The summed E-state index contributed by atoms with van der Waals surface area (Å²) in [5.41, 5.74) is 6.10. The van der Waals surface area contributed by atoms with Gasteiger partial charge in [-0.1, -0.05) is 6.07 Å². The van der Waals surface area contributed by atoms with Crippen LogP contribution in [0.3, 0.4) is 0 Å². The average Bonchev–Trinajstić information content (AvgIpc) is 2.39. The number of amides is 2. The Morgan fingerprint density at radius 1 is 1.47 bits per heavy atom. The number of rotatable bonds is 3. The number of nitrogens with two attached hydrogens (primary N) is 1. The van der Waals surface area contributed by atoms with Crippen LogP contribution in [0.15, 0.2) is 24.3 Å². The topological polar surface area (TPSA) is 93.4 Å². The molecule has 0 unspecified atom stereocenters. The lowest BCUT2D eigenvalue weighted by Crippen LogP contribution is -2.53. The van der Waals surface area contributed by atoms with Gasteiger partial charge >= 0.3 is 0 Å². The van der Waals surface area contributed by atoms with Crippen molar-refractivity contribution in [2.24, 2.45) is 5.73 Å².